The van der Waals surface area contributed by atoms with Gasteiger partial charge in [-0.3, -0.25) is 4.79 Å². The monoisotopic (exact) mass is 393 g/mol. The lowest BCUT2D eigenvalue weighted by atomic mass is 10.1. The molecule has 3 rings (SSSR count). The topological polar surface area (TPSA) is 94.8 Å². The van der Waals surface area contributed by atoms with Gasteiger partial charge >= 0.3 is 11.6 Å². The highest BCUT2D eigenvalue weighted by Crippen LogP contribution is 2.24. The van der Waals surface area contributed by atoms with Gasteiger partial charge in [0.05, 0.1) is 6.61 Å². The van der Waals surface area contributed by atoms with E-state index in [2.05, 4.69) is 11.9 Å². The molecular weight excluding hydrogens is 374 g/mol. The molecule has 7 nitrogen and oxygen atoms in total. The van der Waals surface area contributed by atoms with Crippen LogP contribution in [-0.4, -0.2) is 25.0 Å². The van der Waals surface area contributed by atoms with Crippen LogP contribution in [0.3, 0.4) is 0 Å². The number of rotatable bonds is 7. The normalized spacial score (nSPS) is 10.4. The smallest absolute Gasteiger partial charge is 0.349 e. The fourth-order valence-electron chi connectivity index (χ4n) is 2.65. The molecule has 148 valence electrons. The first kappa shape index (κ1) is 19.9. The molecule has 0 aliphatic heterocycles. The summed E-state index contributed by atoms with van der Waals surface area (Å²) >= 11 is 0. The standard InChI is InChI=1S/C22H19NO6/c1-3-11-23-20(24)17-12-14-9-10-15(13-19(14)29-22(17)26)28-21(25)16-7-5-6-8-18(16)27-4-2/h3,5-10,12-13H,1,4,11H2,2H3,(H,23,24). The van der Waals surface area contributed by atoms with Crippen molar-refractivity contribution in [2.24, 2.45) is 0 Å². The summed E-state index contributed by atoms with van der Waals surface area (Å²) in [6, 6.07) is 12.7. The number of nitrogens with one attached hydrogen (secondary N) is 1. The lowest BCUT2D eigenvalue weighted by Crippen LogP contribution is -2.28. The zero-order valence-corrected chi connectivity index (χ0v) is 15.8. The zero-order valence-electron chi connectivity index (χ0n) is 15.8. The Balaban J connectivity index is 1.87. The van der Waals surface area contributed by atoms with Gasteiger partial charge in [-0.25, -0.2) is 9.59 Å². The van der Waals surface area contributed by atoms with Crippen molar-refractivity contribution in [3.63, 3.8) is 0 Å². The Bertz CT molecular complexity index is 1130. The van der Waals surface area contributed by atoms with E-state index in [4.69, 9.17) is 13.9 Å². The maximum Gasteiger partial charge on any atom is 0.349 e. The molecule has 3 aromatic rings. The first-order valence-electron chi connectivity index (χ1n) is 8.94. The molecule has 7 heteroatoms. The van der Waals surface area contributed by atoms with Crippen molar-refractivity contribution in [2.75, 3.05) is 13.2 Å². The molecule has 0 unspecified atom stereocenters. The molecule has 29 heavy (non-hydrogen) atoms. The number of esters is 1. The van der Waals surface area contributed by atoms with Crippen molar-refractivity contribution in [1.29, 1.82) is 0 Å². The van der Waals surface area contributed by atoms with Gasteiger partial charge in [0.1, 0.15) is 28.2 Å². The first-order chi connectivity index (χ1) is 14.0. The van der Waals surface area contributed by atoms with Crippen molar-refractivity contribution >= 4 is 22.8 Å². The van der Waals surface area contributed by atoms with E-state index in [1.807, 2.05) is 6.92 Å². The average molecular weight is 393 g/mol. The summed E-state index contributed by atoms with van der Waals surface area (Å²) in [6.07, 6.45) is 1.50. The van der Waals surface area contributed by atoms with Crippen LogP contribution >= 0.6 is 0 Å². The Kier molecular flexibility index (Phi) is 6.09. The predicted molar refractivity (Wildman–Crippen MR) is 108 cm³/mol. The van der Waals surface area contributed by atoms with Crippen LogP contribution in [0, 0.1) is 0 Å². The molecule has 1 amide bonds. The van der Waals surface area contributed by atoms with Crippen molar-refractivity contribution in [2.45, 2.75) is 6.92 Å². The van der Waals surface area contributed by atoms with E-state index >= 15 is 0 Å². The first-order valence-corrected chi connectivity index (χ1v) is 8.94. The summed E-state index contributed by atoms with van der Waals surface area (Å²) in [5.41, 5.74) is -0.428. The van der Waals surface area contributed by atoms with E-state index in [-0.39, 0.29) is 29.0 Å². The van der Waals surface area contributed by atoms with Crippen LogP contribution in [0.15, 0.2) is 70.4 Å². The van der Waals surface area contributed by atoms with Gasteiger partial charge in [0.2, 0.25) is 0 Å². The number of benzene rings is 2. The van der Waals surface area contributed by atoms with Crippen LogP contribution in [0.2, 0.25) is 0 Å². The number of ether oxygens (including phenoxy) is 2. The highest BCUT2D eigenvalue weighted by atomic mass is 16.5. The van der Waals surface area contributed by atoms with Crippen LogP contribution in [0.1, 0.15) is 27.6 Å². The van der Waals surface area contributed by atoms with Crippen LogP contribution in [0.25, 0.3) is 11.0 Å². The minimum Gasteiger partial charge on any atom is -0.493 e. The van der Waals surface area contributed by atoms with E-state index in [1.54, 1.807) is 36.4 Å². The Hall–Kier alpha value is -3.87. The molecule has 1 heterocycles. The van der Waals surface area contributed by atoms with E-state index in [9.17, 15) is 14.4 Å². The number of hydrogen-bond donors (Lipinski definition) is 1. The van der Waals surface area contributed by atoms with Crippen LogP contribution < -0.4 is 20.4 Å². The largest absolute Gasteiger partial charge is 0.493 e. The summed E-state index contributed by atoms with van der Waals surface area (Å²) in [5, 5.41) is 3.04. The summed E-state index contributed by atoms with van der Waals surface area (Å²) in [7, 11) is 0. The lowest BCUT2D eigenvalue weighted by Gasteiger charge is -2.10. The van der Waals surface area contributed by atoms with Crippen LogP contribution in [0.4, 0.5) is 0 Å². The van der Waals surface area contributed by atoms with Gasteiger partial charge in [0, 0.05) is 18.0 Å². The quantitative estimate of drug-likeness (QED) is 0.286. The third-order valence-electron chi connectivity index (χ3n) is 3.98. The number of para-hydroxylation sites is 1. The molecular formula is C22H19NO6. The Morgan fingerprint density at radius 3 is 2.69 bits per heavy atom. The zero-order chi connectivity index (χ0) is 20.8. The minimum absolute atomic E-state index is 0.116. The molecule has 0 aliphatic carbocycles. The molecule has 0 atom stereocenters. The number of amides is 1. The number of fused-ring (bicyclic) bond motifs is 1. The fraction of sp³-hybridized carbons (Fsp3) is 0.136. The molecule has 2 aromatic carbocycles. The van der Waals surface area contributed by atoms with Crippen molar-refractivity contribution in [3.05, 3.63) is 82.7 Å². The Labute approximate surface area is 166 Å². The van der Waals surface area contributed by atoms with Gasteiger partial charge in [-0.1, -0.05) is 18.2 Å². The maximum absolute atomic E-state index is 12.5. The summed E-state index contributed by atoms with van der Waals surface area (Å²) in [6.45, 7) is 5.96. The van der Waals surface area contributed by atoms with E-state index in [0.717, 1.165) is 0 Å². The van der Waals surface area contributed by atoms with E-state index in [0.29, 0.717) is 17.7 Å². The highest BCUT2D eigenvalue weighted by molar-refractivity contribution is 5.97. The summed E-state index contributed by atoms with van der Waals surface area (Å²) in [5.74, 6) is -0.539. The fourth-order valence-corrected chi connectivity index (χ4v) is 2.65. The molecule has 1 aromatic heterocycles. The molecule has 0 radical (unpaired) electrons. The van der Waals surface area contributed by atoms with Crippen molar-refractivity contribution in [3.8, 4) is 11.5 Å². The van der Waals surface area contributed by atoms with Gasteiger partial charge < -0.3 is 19.2 Å². The number of carbonyl (C=O) groups is 2. The van der Waals surface area contributed by atoms with Crippen LogP contribution in [0.5, 0.6) is 11.5 Å². The van der Waals surface area contributed by atoms with Gasteiger partial charge in [0.15, 0.2) is 0 Å². The molecule has 0 saturated heterocycles. The Morgan fingerprint density at radius 1 is 1.14 bits per heavy atom. The maximum atomic E-state index is 12.5. The molecule has 0 fully saturated rings. The third kappa shape index (κ3) is 4.52. The SMILES string of the molecule is C=CCNC(=O)c1cc2ccc(OC(=O)c3ccccc3OCC)cc2oc1=O. The third-order valence-corrected chi connectivity index (χ3v) is 3.98. The van der Waals surface area contributed by atoms with Gasteiger partial charge in [0.25, 0.3) is 5.91 Å². The highest BCUT2D eigenvalue weighted by Gasteiger charge is 2.16. The summed E-state index contributed by atoms with van der Waals surface area (Å²) < 4.78 is 16.1. The molecule has 0 bridgehead atoms. The van der Waals surface area contributed by atoms with Crippen molar-refractivity contribution < 1.29 is 23.5 Å². The second-order valence-electron chi connectivity index (χ2n) is 5.96. The minimum atomic E-state index is -0.788. The molecule has 1 N–H and O–H groups in total. The number of carbonyl (C=O) groups excluding carboxylic acids is 2. The predicted octanol–water partition coefficient (Wildman–Crippen LogP) is 3.33. The van der Waals surface area contributed by atoms with Gasteiger partial charge in [-0.05, 0) is 37.3 Å². The van der Waals surface area contributed by atoms with Crippen molar-refractivity contribution in [1.82, 2.24) is 5.32 Å². The molecule has 0 spiro atoms. The van der Waals surface area contributed by atoms with Gasteiger partial charge in [-0.15, -0.1) is 6.58 Å². The second-order valence-corrected chi connectivity index (χ2v) is 5.96. The number of hydrogen-bond acceptors (Lipinski definition) is 6. The molecule has 0 aliphatic rings. The van der Waals surface area contributed by atoms with Crippen LogP contribution in [-0.2, 0) is 0 Å². The summed E-state index contributed by atoms with van der Waals surface area (Å²) in [4.78, 5) is 36.7. The lowest BCUT2D eigenvalue weighted by molar-refractivity contribution is 0.0730. The Morgan fingerprint density at radius 2 is 1.93 bits per heavy atom. The average Bonchev–Trinajstić information content (AvgIpc) is 2.72. The van der Waals surface area contributed by atoms with E-state index in [1.165, 1.54) is 18.2 Å². The molecule has 0 saturated carbocycles. The van der Waals surface area contributed by atoms with E-state index < -0.39 is 17.5 Å². The second kappa shape index (κ2) is 8.88. The van der Waals surface area contributed by atoms with Gasteiger partial charge in [-0.2, -0.15) is 0 Å².